The van der Waals surface area contributed by atoms with Gasteiger partial charge >= 0.3 is 0 Å². The number of ether oxygens (including phenoxy) is 1. The first kappa shape index (κ1) is 12.8. The third-order valence-corrected chi connectivity index (χ3v) is 3.03. The number of hydrogen-bond acceptors (Lipinski definition) is 4. The Morgan fingerprint density at radius 1 is 1.44 bits per heavy atom. The minimum Gasteiger partial charge on any atom is -0.496 e. The molecule has 0 saturated carbocycles. The number of nitrogen functional groups attached to an aromatic ring is 1. The molecule has 0 atom stereocenters. The fourth-order valence-electron chi connectivity index (χ4n) is 1.46. The van der Waals surface area contributed by atoms with Crippen molar-refractivity contribution in [2.24, 2.45) is 0 Å². The average molecular weight is 353 g/mol. The van der Waals surface area contributed by atoms with Gasteiger partial charge in [0.05, 0.1) is 13.3 Å². The zero-order chi connectivity index (χ0) is 13.1. The molecule has 4 nitrogen and oxygen atoms in total. The van der Waals surface area contributed by atoms with Gasteiger partial charge in [0.1, 0.15) is 21.0 Å². The second kappa shape index (κ2) is 5.34. The predicted molar refractivity (Wildman–Crippen MR) is 81.2 cm³/mol. The van der Waals surface area contributed by atoms with Gasteiger partial charge in [0.15, 0.2) is 0 Å². The van der Waals surface area contributed by atoms with Crippen LogP contribution in [0.25, 0.3) is 17.2 Å². The second-order valence-corrected chi connectivity index (χ2v) is 4.69. The molecule has 5 heteroatoms. The number of benzene rings is 1. The Bertz CT molecular complexity index is 599. The molecule has 1 aromatic rings. The smallest absolute Gasteiger partial charge is 0.149 e. The van der Waals surface area contributed by atoms with Gasteiger partial charge in [-0.1, -0.05) is 18.7 Å². The van der Waals surface area contributed by atoms with Crippen LogP contribution in [0.1, 0.15) is 5.69 Å². The van der Waals surface area contributed by atoms with Crippen molar-refractivity contribution in [3.63, 3.8) is 0 Å². The Kier molecular flexibility index (Phi) is 3.81. The number of aromatic nitrogens is 2. The third-order valence-electron chi connectivity index (χ3n) is 2.51. The minimum absolute atomic E-state index is 0.426. The van der Waals surface area contributed by atoms with Crippen LogP contribution in [0, 0.1) is 3.70 Å². The van der Waals surface area contributed by atoms with Crippen LogP contribution >= 0.6 is 22.6 Å². The molecule has 0 saturated heterocycles. The van der Waals surface area contributed by atoms with E-state index in [9.17, 15) is 0 Å². The van der Waals surface area contributed by atoms with Crippen molar-refractivity contribution in [3.8, 4) is 16.9 Å². The van der Waals surface area contributed by atoms with Gasteiger partial charge in [-0.05, 0) is 40.3 Å². The van der Waals surface area contributed by atoms with Crippen molar-refractivity contribution >= 4 is 34.5 Å². The molecule has 0 fully saturated rings. The summed E-state index contributed by atoms with van der Waals surface area (Å²) in [5.41, 5.74) is 8.72. The largest absolute Gasteiger partial charge is 0.496 e. The fraction of sp³-hybridized carbons (Fsp3) is 0.0769. The van der Waals surface area contributed by atoms with Gasteiger partial charge in [0.2, 0.25) is 0 Å². The summed E-state index contributed by atoms with van der Waals surface area (Å²) in [6.07, 6.45) is 3.20. The molecule has 0 unspecified atom stereocenters. The van der Waals surface area contributed by atoms with Crippen LogP contribution in [-0.4, -0.2) is 17.1 Å². The summed E-state index contributed by atoms with van der Waals surface area (Å²) in [7, 11) is 1.70. The molecule has 92 valence electrons. The van der Waals surface area contributed by atoms with E-state index >= 15 is 0 Å². The molecule has 3 rings (SSSR count). The topological polar surface area (TPSA) is 61.0 Å². The fourth-order valence-corrected chi connectivity index (χ4v) is 1.86. The summed E-state index contributed by atoms with van der Waals surface area (Å²) >= 11 is 2.07. The van der Waals surface area contributed by atoms with Gasteiger partial charge < -0.3 is 10.5 Å². The highest BCUT2D eigenvalue weighted by molar-refractivity contribution is 14.1. The summed E-state index contributed by atoms with van der Waals surface area (Å²) in [5.74, 6) is 1.46. The molecule has 1 heterocycles. The first-order valence-electron chi connectivity index (χ1n) is 5.24. The third kappa shape index (κ3) is 2.45. The van der Waals surface area contributed by atoms with Crippen LogP contribution < -0.4 is 10.5 Å². The van der Waals surface area contributed by atoms with Gasteiger partial charge in [-0.25, -0.2) is 9.97 Å². The molecular formula is C13H12IN3O. The molecule has 2 aliphatic rings. The van der Waals surface area contributed by atoms with Crippen LogP contribution in [0.4, 0.5) is 5.82 Å². The minimum atomic E-state index is 0.426. The first-order chi connectivity index (χ1) is 8.65. The van der Waals surface area contributed by atoms with Crippen LogP contribution in [-0.2, 0) is 0 Å². The number of rotatable bonds is 2. The highest BCUT2D eigenvalue weighted by atomic mass is 127. The normalized spacial score (nSPS) is 10.1. The van der Waals surface area contributed by atoms with E-state index in [1.54, 1.807) is 19.4 Å². The number of anilines is 1. The molecular weight excluding hydrogens is 341 g/mol. The highest BCUT2D eigenvalue weighted by Crippen LogP contribution is 2.42. The van der Waals surface area contributed by atoms with Crippen molar-refractivity contribution in [1.29, 1.82) is 0 Å². The van der Waals surface area contributed by atoms with E-state index in [2.05, 4.69) is 51.3 Å². The number of nitrogens with zero attached hydrogens (tertiary/aromatic N) is 2. The lowest BCUT2D eigenvalue weighted by molar-refractivity contribution is 0.412. The van der Waals surface area contributed by atoms with Gasteiger partial charge in [-0.2, -0.15) is 0 Å². The van der Waals surface area contributed by atoms with E-state index in [0.717, 1.165) is 9.45 Å². The predicted octanol–water partition coefficient (Wildman–Crippen LogP) is 2.98. The monoisotopic (exact) mass is 353 g/mol. The zero-order valence-corrected chi connectivity index (χ0v) is 12.0. The van der Waals surface area contributed by atoms with E-state index in [-0.39, 0.29) is 0 Å². The Morgan fingerprint density at radius 2 is 2.22 bits per heavy atom. The van der Waals surface area contributed by atoms with E-state index in [0.29, 0.717) is 11.5 Å². The number of hydrogen-bond donors (Lipinski definition) is 1. The molecule has 2 N–H and O–H groups in total. The van der Waals surface area contributed by atoms with E-state index in [4.69, 9.17) is 10.5 Å². The van der Waals surface area contributed by atoms with Gasteiger partial charge in [-0.15, -0.1) is 0 Å². The molecule has 0 aliphatic heterocycles. The molecule has 0 spiro atoms. The standard InChI is InChI=1S/C7H6O.C6H6IN3/c1-8-7-4-5-2-3-6(5)7;1-2-4-6(8)9-3-5(7)10-4/h2-4H,1H3;2-3H,1H2,(H2,8,9). The number of nitrogens with two attached hydrogens (primary N) is 1. The quantitative estimate of drug-likeness (QED) is 0.720. The molecule has 2 aliphatic carbocycles. The average Bonchev–Trinajstić information content (AvgIpc) is 2.36. The van der Waals surface area contributed by atoms with E-state index < -0.39 is 0 Å². The number of fused-ring (bicyclic) bond motifs is 1. The van der Waals surface area contributed by atoms with Crippen molar-refractivity contribution in [2.75, 3.05) is 12.8 Å². The number of methoxy groups -OCH3 is 1. The second-order valence-electron chi connectivity index (χ2n) is 3.58. The van der Waals surface area contributed by atoms with Crippen molar-refractivity contribution in [2.45, 2.75) is 0 Å². The van der Waals surface area contributed by atoms with Crippen LogP contribution in [0.3, 0.4) is 0 Å². The van der Waals surface area contributed by atoms with Crippen molar-refractivity contribution in [1.82, 2.24) is 9.97 Å². The summed E-state index contributed by atoms with van der Waals surface area (Å²) in [5, 5.41) is 0. The lowest BCUT2D eigenvalue weighted by atomic mass is 9.92. The maximum absolute atomic E-state index is 5.45. The summed E-state index contributed by atoms with van der Waals surface area (Å²) < 4.78 is 5.79. The Balaban J connectivity index is 0.000000136. The molecule has 1 aromatic heterocycles. The maximum Gasteiger partial charge on any atom is 0.149 e. The molecule has 0 amide bonds. The number of halogens is 1. The van der Waals surface area contributed by atoms with Gasteiger partial charge in [0, 0.05) is 5.56 Å². The summed E-state index contributed by atoms with van der Waals surface area (Å²) in [6.45, 7) is 3.55. The first-order valence-corrected chi connectivity index (χ1v) is 6.32. The Labute approximate surface area is 119 Å². The highest BCUT2D eigenvalue weighted by Gasteiger charge is 2.15. The molecule has 0 bridgehead atoms. The lowest BCUT2D eigenvalue weighted by Gasteiger charge is -2.18. The van der Waals surface area contributed by atoms with Crippen molar-refractivity contribution in [3.05, 3.63) is 40.4 Å². The SMILES string of the molecule is C=Cc1nc(I)cnc1N.COc1cc2ccc1-2. The molecule has 0 radical (unpaired) electrons. The summed E-state index contributed by atoms with van der Waals surface area (Å²) in [6, 6.07) is 6.18. The van der Waals surface area contributed by atoms with E-state index in [1.807, 2.05) is 6.07 Å². The molecule has 0 aromatic carbocycles. The van der Waals surface area contributed by atoms with Crippen molar-refractivity contribution < 1.29 is 4.74 Å². The van der Waals surface area contributed by atoms with Crippen LogP contribution in [0.2, 0.25) is 0 Å². The lowest BCUT2D eigenvalue weighted by Crippen LogP contribution is -1.97. The van der Waals surface area contributed by atoms with Crippen LogP contribution in [0.15, 0.2) is 31.0 Å². The van der Waals surface area contributed by atoms with Crippen LogP contribution in [0.5, 0.6) is 5.75 Å². The van der Waals surface area contributed by atoms with E-state index in [1.165, 1.54) is 11.1 Å². The summed E-state index contributed by atoms with van der Waals surface area (Å²) in [4.78, 5) is 7.96. The Hall–Kier alpha value is -1.63. The van der Waals surface area contributed by atoms with Gasteiger partial charge in [-0.3, -0.25) is 0 Å². The molecule has 18 heavy (non-hydrogen) atoms. The zero-order valence-electron chi connectivity index (χ0n) is 9.85. The maximum atomic E-state index is 5.45. The Morgan fingerprint density at radius 3 is 2.56 bits per heavy atom. The van der Waals surface area contributed by atoms with Gasteiger partial charge in [0.25, 0.3) is 0 Å².